The van der Waals surface area contributed by atoms with Gasteiger partial charge in [0.15, 0.2) is 5.58 Å². The lowest BCUT2D eigenvalue weighted by atomic mass is 9.85. The molecule has 3 aromatic rings. The van der Waals surface area contributed by atoms with E-state index in [1.54, 1.807) is 12.1 Å². The van der Waals surface area contributed by atoms with Crippen molar-refractivity contribution in [2.24, 2.45) is 5.92 Å². The van der Waals surface area contributed by atoms with E-state index in [9.17, 15) is 9.59 Å². The molecule has 1 saturated carbocycles. The van der Waals surface area contributed by atoms with Crippen LogP contribution in [0.3, 0.4) is 0 Å². The molecule has 36 heavy (non-hydrogen) atoms. The number of pyridine rings is 2. The van der Waals surface area contributed by atoms with Gasteiger partial charge in [-0.05, 0) is 76.9 Å². The Morgan fingerprint density at radius 3 is 2.47 bits per heavy atom. The standard InChI is InChI=1S/C26H31ClN6O3/c1-32(2)18-8-5-16(6-9-18)25(34)31-23-22-19(10-12-21(30-22)33-13-3-4-14-33)36-24(23)26(35)29-20-11-7-17(27)15-28-20/h7,10-12,15-16,18H,3-6,8-9,13-14H2,1-2H3,(H,31,34)(H,28,29,35)/t16-,18-. The van der Waals surface area contributed by atoms with E-state index in [1.165, 1.54) is 6.20 Å². The SMILES string of the molecule is CN(C)[C@H]1CC[C@H](C(=O)Nc2c(C(=O)Nc3ccc(Cl)cn3)oc3ccc(N4CCCC4)nc23)CC1. The lowest BCUT2D eigenvalue weighted by molar-refractivity contribution is -0.121. The minimum atomic E-state index is -0.517. The largest absolute Gasteiger partial charge is 0.447 e. The number of furan rings is 1. The molecule has 0 atom stereocenters. The van der Waals surface area contributed by atoms with E-state index in [1.807, 2.05) is 12.1 Å². The van der Waals surface area contributed by atoms with Gasteiger partial charge in [-0.1, -0.05) is 11.6 Å². The van der Waals surface area contributed by atoms with E-state index in [2.05, 4.69) is 39.5 Å². The van der Waals surface area contributed by atoms with Crippen molar-refractivity contribution in [3.63, 3.8) is 0 Å². The van der Waals surface area contributed by atoms with E-state index >= 15 is 0 Å². The van der Waals surface area contributed by atoms with Crippen molar-refractivity contribution in [1.82, 2.24) is 14.9 Å². The first-order valence-electron chi connectivity index (χ1n) is 12.5. The Morgan fingerprint density at radius 2 is 1.81 bits per heavy atom. The summed E-state index contributed by atoms with van der Waals surface area (Å²) < 4.78 is 5.94. The first kappa shape index (κ1) is 24.5. The highest BCUT2D eigenvalue weighted by molar-refractivity contribution is 6.30. The van der Waals surface area contributed by atoms with Crippen molar-refractivity contribution in [1.29, 1.82) is 0 Å². The zero-order chi connectivity index (χ0) is 25.2. The van der Waals surface area contributed by atoms with E-state index < -0.39 is 5.91 Å². The van der Waals surface area contributed by atoms with Gasteiger partial charge in [-0.25, -0.2) is 9.97 Å². The van der Waals surface area contributed by atoms with Crippen LogP contribution in [0.5, 0.6) is 0 Å². The summed E-state index contributed by atoms with van der Waals surface area (Å²) in [6.07, 6.45) is 7.21. The first-order valence-corrected chi connectivity index (χ1v) is 12.9. The molecule has 190 valence electrons. The zero-order valence-electron chi connectivity index (χ0n) is 20.6. The van der Waals surface area contributed by atoms with Crippen molar-refractivity contribution in [3.8, 4) is 0 Å². The van der Waals surface area contributed by atoms with E-state index in [4.69, 9.17) is 21.0 Å². The number of nitrogens with zero attached hydrogens (tertiary/aromatic N) is 4. The Morgan fingerprint density at radius 1 is 1.06 bits per heavy atom. The maximum Gasteiger partial charge on any atom is 0.294 e. The third-order valence-electron chi connectivity index (χ3n) is 7.17. The van der Waals surface area contributed by atoms with E-state index in [0.717, 1.165) is 57.4 Å². The summed E-state index contributed by atoms with van der Waals surface area (Å²) in [6, 6.07) is 7.44. The molecule has 0 unspecified atom stereocenters. The van der Waals surface area contributed by atoms with Gasteiger partial charge in [-0.15, -0.1) is 0 Å². The number of carbonyl (C=O) groups excluding carboxylic acids is 2. The lowest BCUT2D eigenvalue weighted by Crippen LogP contribution is -2.35. The monoisotopic (exact) mass is 510 g/mol. The lowest BCUT2D eigenvalue weighted by Gasteiger charge is -2.31. The van der Waals surface area contributed by atoms with Crippen LogP contribution in [0, 0.1) is 5.92 Å². The minimum absolute atomic E-state index is 0.00292. The van der Waals surface area contributed by atoms with Gasteiger partial charge in [0.05, 0.1) is 5.02 Å². The average Bonchev–Trinajstić information content (AvgIpc) is 3.54. The van der Waals surface area contributed by atoms with Gasteiger partial charge in [-0.3, -0.25) is 9.59 Å². The van der Waals surface area contributed by atoms with Crippen molar-refractivity contribution in [2.45, 2.75) is 44.6 Å². The van der Waals surface area contributed by atoms with E-state index in [-0.39, 0.29) is 17.6 Å². The molecule has 1 aliphatic heterocycles. The molecule has 5 rings (SSSR count). The van der Waals surface area contributed by atoms with Gasteiger partial charge in [0.2, 0.25) is 11.7 Å². The Hall–Kier alpha value is -3.17. The number of amides is 2. The second kappa shape index (κ2) is 10.4. The summed E-state index contributed by atoms with van der Waals surface area (Å²) in [4.78, 5) is 39.9. The van der Waals surface area contributed by atoms with Gasteiger partial charge in [0.1, 0.15) is 22.8 Å². The second-order valence-corrected chi connectivity index (χ2v) is 10.2. The molecular weight excluding hydrogens is 480 g/mol. The molecule has 4 heterocycles. The molecule has 2 aliphatic rings. The number of nitrogens with one attached hydrogen (secondary N) is 2. The van der Waals surface area contributed by atoms with Crippen molar-refractivity contribution in [3.05, 3.63) is 41.2 Å². The molecule has 2 N–H and O–H groups in total. The van der Waals surface area contributed by atoms with Gasteiger partial charge >= 0.3 is 0 Å². The Labute approximate surface area is 215 Å². The van der Waals surface area contributed by atoms with Crippen LogP contribution in [-0.4, -0.2) is 59.9 Å². The fraction of sp³-hybridized carbons (Fsp3) is 0.462. The Kier molecular flexibility index (Phi) is 7.11. The molecule has 9 nitrogen and oxygen atoms in total. The molecular formula is C26H31ClN6O3. The third kappa shape index (κ3) is 5.17. The maximum absolute atomic E-state index is 13.3. The van der Waals surface area contributed by atoms with Crippen LogP contribution in [0.2, 0.25) is 5.02 Å². The first-order chi connectivity index (χ1) is 17.4. The maximum atomic E-state index is 13.3. The number of hydrogen-bond donors (Lipinski definition) is 2. The third-order valence-corrected chi connectivity index (χ3v) is 7.39. The fourth-order valence-electron chi connectivity index (χ4n) is 5.07. The van der Waals surface area contributed by atoms with Crippen molar-refractivity contribution in [2.75, 3.05) is 42.7 Å². The molecule has 0 aromatic carbocycles. The molecule has 0 bridgehead atoms. The summed E-state index contributed by atoms with van der Waals surface area (Å²) in [7, 11) is 4.15. The smallest absolute Gasteiger partial charge is 0.294 e. The summed E-state index contributed by atoms with van der Waals surface area (Å²) in [6.45, 7) is 1.87. The summed E-state index contributed by atoms with van der Waals surface area (Å²) >= 11 is 5.91. The fourth-order valence-corrected chi connectivity index (χ4v) is 5.18. The number of carbonyl (C=O) groups is 2. The molecule has 10 heteroatoms. The van der Waals surface area contributed by atoms with E-state index in [0.29, 0.717) is 33.7 Å². The second-order valence-electron chi connectivity index (χ2n) is 9.79. The van der Waals surface area contributed by atoms with Gasteiger partial charge < -0.3 is 24.9 Å². The topological polar surface area (TPSA) is 104 Å². The summed E-state index contributed by atoms with van der Waals surface area (Å²) in [5, 5.41) is 6.21. The van der Waals surface area contributed by atoms with Crippen LogP contribution in [0.15, 0.2) is 34.9 Å². The number of fused-ring (bicyclic) bond motifs is 1. The van der Waals surface area contributed by atoms with Crippen molar-refractivity contribution >= 4 is 51.8 Å². The number of rotatable bonds is 6. The predicted octanol–water partition coefficient (Wildman–Crippen LogP) is 4.79. The normalized spacial score (nSPS) is 20.2. The van der Waals surface area contributed by atoms with Crippen LogP contribution in [0.25, 0.3) is 11.1 Å². The molecule has 2 fully saturated rings. The molecule has 0 radical (unpaired) electrons. The molecule has 0 spiro atoms. The van der Waals surface area contributed by atoms with Crippen LogP contribution in [-0.2, 0) is 4.79 Å². The van der Waals surface area contributed by atoms with Gasteiger partial charge in [-0.2, -0.15) is 0 Å². The number of anilines is 3. The quantitative estimate of drug-likeness (QED) is 0.491. The summed E-state index contributed by atoms with van der Waals surface area (Å²) in [5.41, 5.74) is 1.22. The van der Waals surface area contributed by atoms with Gasteiger partial charge in [0, 0.05) is 31.2 Å². The highest BCUT2D eigenvalue weighted by atomic mass is 35.5. The molecule has 2 amide bonds. The van der Waals surface area contributed by atoms with Crippen LogP contribution < -0.4 is 15.5 Å². The number of halogens is 1. The predicted molar refractivity (Wildman–Crippen MR) is 141 cm³/mol. The average molecular weight is 511 g/mol. The number of hydrogen-bond acceptors (Lipinski definition) is 7. The van der Waals surface area contributed by atoms with Crippen LogP contribution in [0.1, 0.15) is 49.1 Å². The highest BCUT2D eigenvalue weighted by Gasteiger charge is 2.30. The molecule has 1 saturated heterocycles. The minimum Gasteiger partial charge on any atom is -0.447 e. The Bertz CT molecular complexity index is 1240. The highest BCUT2D eigenvalue weighted by Crippen LogP contribution is 2.34. The van der Waals surface area contributed by atoms with Crippen LogP contribution >= 0.6 is 11.6 Å². The molecule has 1 aliphatic carbocycles. The van der Waals surface area contributed by atoms with Crippen LogP contribution in [0.4, 0.5) is 17.3 Å². The number of aromatic nitrogens is 2. The molecule has 3 aromatic heterocycles. The Balaban J connectivity index is 1.44. The van der Waals surface area contributed by atoms with Crippen molar-refractivity contribution < 1.29 is 14.0 Å². The zero-order valence-corrected chi connectivity index (χ0v) is 21.3. The van der Waals surface area contributed by atoms with Gasteiger partial charge in [0.25, 0.3) is 5.91 Å². The summed E-state index contributed by atoms with van der Waals surface area (Å²) in [5.74, 6) is 0.396.